The monoisotopic (exact) mass is 170 g/mol. The Labute approximate surface area is 76.8 Å². The molecule has 0 radical (unpaired) electrons. The first kappa shape index (κ1) is 11.7. The fraction of sp³-hybridized carbons (Fsp3) is 0.818. The van der Waals surface area contributed by atoms with Gasteiger partial charge in [0.2, 0.25) is 0 Å². The van der Waals surface area contributed by atoms with Crippen LogP contribution in [-0.4, -0.2) is 12.7 Å². The molecule has 0 bridgehead atoms. The molecule has 0 saturated heterocycles. The van der Waals surface area contributed by atoms with E-state index in [1.807, 2.05) is 6.08 Å². The van der Waals surface area contributed by atoms with Gasteiger partial charge >= 0.3 is 0 Å². The van der Waals surface area contributed by atoms with E-state index >= 15 is 0 Å². The summed E-state index contributed by atoms with van der Waals surface area (Å²) in [4.78, 5) is 0. The molecule has 1 unspecified atom stereocenters. The summed E-state index contributed by atoms with van der Waals surface area (Å²) >= 11 is 0. The average Bonchev–Trinajstić information content (AvgIpc) is 2.03. The highest BCUT2D eigenvalue weighted by molar-refractivity contribution is 4.90. The first-order chi connectivity index (χ1) is 5.63. The quantitative estimate of drug-likeness (QED) is 0.555. The van der Waals surface area contributed by atoms with Crippen LogP contribution in [0.15, 0.2) is 12.7 Å². The van der Waals surface area contributed by atoms with Crippen LogP contribution >= 0.6 is 0 Å². The van der Waals surface area contributed by atoms with E-state index in [2.05, 4.69) is 27.4 Å². The molecule has 12 heavy (non-hydrogen) atoms. The van der Waals surface area contributed by atoms with Gasteiger partial charge in [0.15, 0.2) is 0 Å². The zero-order chi connectivity index (χ0) is 9.61. The first-order valence-corrected chi connectivity index (χ1v) is 4.79. The van der Waals surface area contributed by atoms with Gasteiger partial charge in [0.1, 0.15) is 0 Å². The number of hydrogen-bond acceptors (Lipinski definition) is 1. The molecule has 1 nitrogen and oxygen atoms in total. The molecular formula is C11H22O. The molecule has 0 aromatic rings. The van der Waals surface area contributed by atoms with Crippen molar-refractivity contribution in [1.82, 2.24) is 0 Å². The Hall–Kier alpha value is -0.300. The summed E-state index contributed by atoms with van der Waals surface area (Å²) in [7, 11) is 1.80. The van der Waals surface area contributed by atoms with E-state index in [4.69, 9.17) is 4.74 Å². The summed E-state index contributed by atoms with van der Waals surface area (Å²) in [5.74, 6) is 0.556. The third-order valence-electron chi connectivity index (χ3n) is 2.62. The summed E-state index contributed by atoms with van der Waals surface area (Å²) in [5, 5.41) is 0. The highest BCUT2D eigenvalue weighted by Crippen LogP contribution is 2.30. The van der Waals surface area contributed by atoms with Crippen LogP contribution in [0.5, 0.6) is 0 Å². The van der Waals surface area contributed by atoms with Gasteiger partial charge in [-0.15, -0.1) is 6.58 Å². The lowest BCUT2D eigenvalue weighted by atomic mass is 9.83. The molecule has 1 heteroatoms. The van der Waals surface area contributed by atoms with Crippen LogP contribution in [0.25, 0.3) is 0 Å². The van der Waals surface area contributed by atoms with Gasteiger partial charge in [-0.05, 0) is 18.8 Å². The van der Waals surface area contributed by atoms with Crippen molar-refractivity contribution in [3.05, 3.63) is 12.7 Å². The van der Waals surface area contributed by atoms with Gasteiger partial charge in [0.05, 0.1) is 5.60 Å². The molecular weight excluding hydrogens is 148 g/mol. The maximum Gasteiger partial charge on any atom is 0.0735 e. The molecule has 0 N–H and O–H groups in total. The number of hydrogen-bond donors (Lipinski definition) is 0. The molecule has 0 heterocycles. The molecule has 0 fully saturated rings. The third-order valence-corrected chi connectivity index (χ3v) is 2.62. The Bertz CT molecular complexity index is 129. The summed E-state index contributed by atoms with van der Waals surface area (Å²) in [5.41, 5.74) is 0.0243. The van der Waals surface area contributed by atoms with E-state index in [1.165, 1.54) is 6.42 Å². The van der Waals surface area contributed by atoms with Crippen molar-refractivity contribution in [1.29, 1.82) is 0 Å². The average molecular weight is 170 g/mol. The van der Waals surface area contributed by atoms with E-state index in [0.717, 1.165) is 12.8 Å². The summed E-state index contributed by atoms with van der Waals surface area (Å²) < 4.78 is 5.61. The van der Waals surface area contributed by atoms with Crippen molar-refractivity contribution in [3.8, 4) is 0 Å². The van der Waals surface area contributed by atoms with Crippen LogP contribution in [0.3, 0.4) is 0 Å². The molecule has 1 atom stereocenters. The SMILES string of the molecule is C=CCC(CCC)(OC)C(C)C. The maximum atomic E-state index is 5.61. The maximum absolute atomic E-state index is 5.61. The van der Waals surface area contributed by atoms with E-state index in [-0.39, 0.29) is 5.60 Å². The molecule has 0 saturated carbocycles. The van der Waals surface area contributed by atoms with Gasteiger partial charge in [-0.1, -0.05) is 33.3 Å². The Morgan fingerprint density at radius 1 is 1.50 bits per heavy atom. The number of rotatable bonds is 6. The smallest absolute Gasteiger partial charge is 0.0735 e. The third kappa shape index (κ3) is 2.63. The van der Waals surface area contributed by atoms with Gasteiger partial charge in [0, 0.05) is 7.11 Å². The van der Waals surface area contributed by atoms with E-state index in [9.17, 15) is 0 Å². The number of ether oxygens (including phenoxy) is 1. The standard InChI is InChI=1S/C11H22O/c1-6-8-11(12-5,9-7-2)10(3)4/h6,10H,1,7-9H2,2-5H3. The van der Waals surface area contributed by atoms with Crippen LogP contribution < -0.4 is 0 Å². The van der Waals surface area contributed by atoms with Crippen LogP contribution in [0.1, 0.15) is 40.0 Å². The van der Waals surface area contributed by atoms with Crippen molar-refractivity contribution < 1.29 is 4.74 Å². The molecule has 72 valence electrons. The Morgan fingerprint density at radius 2 is 2.08 bits per heavy atom. The van der Waals surface area contributed by atoms with Gasteiger partial charge in [-0.25, -0.2) is 0 Å². The Balaban J connectivity index is 4.38. The largest absolute Gasteiger partial charge is 0.378 e. The lowest BCUT2D eigenvalue weighted by molar-refractivity contribution is -0.0523. The predicted molar refractivity (Wildman–Crippen MR) is 54.3 cm³/mol. The number of methoxy groups -OCH3 is 1. The molecule has 0 spiro atoms. The highest BCUT2D eigenvalue weighted by Gasteiger charge is 2.30. The van der Waals surface area contributed by atoms with E-state index in [0.29, 0.717) is 5.92 Å². The normalized spacial score (nSPS) is 16.1. The van der Waals surface area contributed by atoms with Gasteiger partial charge in [0.25, 0.3) is 0 Å². The second-order valence-corrected chi connectivity index (χ2v) is 3.67. The van der Waals surface area contributed by atoms with Gasteiger partial charge in [-0.2, -0.15) is 0 Å². The fourth-order valence-electron chi connectivity index (χ4n) is 1.72. The minimum absolute atomic E-state index is 0.0243. The Morgan fingerprint density at radius 3 is 2.33 bits per heavy atom. The van der Waals surface area contributed by atoms with E-state index in [1.54, 1.807) is 7.11 Å². The zero-order valence-corrected chi connectivity index (χ0v) is 8.89. The second kappa shape index (κ2) is 5.36. The van der Waals surface area contributed by atoms with Crippen molar-refractivity contribution in [2.75, 3.05) is 7.11 Å². The first-order valence-electron chi connectivity index (χ1n) is 4.79. The molecule has 0 aliphatic rings. The molecule has 0 aliphatic carbocycles. The topological polar surface area (TPSA) is 9.23 Å². The van der Waals surface area contributed by atoms with Gasteiger partial charge in [-0.3, -0.25) is 0 Å². The molecule has 0 rings (SSSR count). The van der Waals surface area contributed by atoms with Crippen molar-refractivity contribution in [2.24, 2.45) is 5.92 Å². The Kier molecular flexibility index (Phi) is 5.23. The molecule has 0 amide bonds. The van der Waals surface area contributed by atoms with Crippen molar-refractivity contribution in [2.45, 2.75) is 45.6 Å². The lowest BCUT2D eigenvalue weighted by Gasteiger charge is -2.35. The van der Waals surface area contributed by atoms with Crippen molar-refractivity contribution >= 4 is 0 Å². The van der Waals surface area contributed by atoms with Crippen LogP contribution in [-0.2, 0) is 4.74 Å². The molecule has 0 aromatic heterocycles. The fourth-order valence-corrected chi connectivity index (χ4v) is 1.72. The van der Waals surface area contributed by atoms with E-state index < -0.39 is 0 Å². The van der Waals surface area contributed by atoms with Gasteiger partial charge < -0.3 is 4.74 Å². The van der Waals surface area contributed by atoms with Crippen LogP contribution in [0.2, 0.25) is 0 Å². The minimum Gasteiger partial charge on any atom is -0.378 e. The molecule has 0 aliphatic heterocycles. The molecule has 0 aromatic carbocycles. The lowest BCUT2D eigenvalue weighted by Crippen LogP contribution is -2.36. The second-order valence-electron chi connectivity index (χ2n) is 3.67. The highest BCUT2D eigenvalue weighted by atomic mass is 16.5. The summed E-state index contributed by atoms with van der Waals surface area (Å²) in [6.45, 7) is 10.4. The van der Waals surface area contributed by atoms with Crippen molar-refractivity contribution in [3.63, 3.8) is 0 Å². The predicted octanol–water partition coefficient (Wildman–Crippen LogP) is 3.40. The van der Waals surface area contributed by atoms with Crippen LogP contribution in [0.4, 0.5) is 0 Å². The summed E-state index contributed by atoms with van der Waals surface area (Å²) in [6.07, 6.45) is 5.20. The minimum atomic E-state index is 0.0243. The van der Waals surface area contributed by atoms with Crippen LogP contribution in [0, 0.1) is 5.92 Å². The zero-order valence-electron chi connectivity index (χ0n) is 8.89. The summed E-state index contributed by atoms with van der Waals surface area (Å²) in [6, 6.07) is 0.